The van der Waals surface area contributed by atoms with Crippen LogP contribution in [0.4, 0.5) is 0 Å². The number of nitrogens with zero attached hydrogens (tertiary/aromatic N) is 6. The van der Waals surface area contributed by atoms with Crippen LogP contribution >= 0.6 is 55.4 Å². The lowest BCUT2D eigenvalue weighted by Crippen LogP contribution is -2.21. The van der Waals surface area contributed by atoms with Gasteiger partial charge < -0.3 is 9.47 Å². The molecule has 10 aromatic rings. The number of hydrogen-bond donors (Lipinski definition) is 0. The Balaban J connectivity index is 0.635. The fourth-order valence-corrected chi connectivity index (χ4v) is 10.8. The Kier molecular flexibility index (Phi) is 14.8. The number of rotatable bonds is 16. The van der Waals surface area contributed by atoms with E-state index in [0.717, 1.165) is 88.1 Å². The van der Waals surface area contributed by atoms with E-state index >= 15 is 0 Å². The predicted molar refractivity (Wildman–Crippen MR) is 300 cm³/mol. The van der Waals surface area contributed by atoms with Gasteiger partial charge in [-0.3, -0.25) is 9.59 Å². The molecule has 1 aliphatic rings. The summed E-state index contributed by atoms with van der Waals surface area (Å²) in [5.74, 6) is -0.0977. The molecule has 16 heteroatoms. The normalized spacial score (nSPS) is 11.8. The van der Waals surface area contributed by atoms with Crippen LogP contribution in [-0.4, -0.2) is 65.0 Å². The van der Waals surface area contributed by atoms with Gasteiger partial charge in [0.2, 0.25) is 0 Å². The van der Waals surface area contributed by atoms with Crippen molar-refractivity contribution in [3.05, 3.63) is 248 Å². The number of ether oxygens (including phenoxy) is 2. The summed E-state index contributed by atoms with van der Waals surface area (Å²) in [5.41, 5.74) is 8.75. The molecule has 2 heterocycles. The van der Waals surface area contributed by atoms with Crippen molar-refractivity contribution in [3.63, 3.8) is 0 Å². The van der Waals surface area contributed by atoms with Gasteiger partial charge in [0, 0.05) is 63.6 Å². The molecule has 0 spiro atoms. The number of esters is 2. The monoisotopic (exact) mass is 1160 g/mol. The quantitative estimate of drug-likeness (QED) is 0.0515. The van der Waals surface area contributed by atoms with Crippen molar-refractivity contribution in [1.82, 2.24) is 30.0 Å². The Labute approximate surface area is 461 Å². The maximum absolute atomic E-state index is 13.7. The van der Waals surface area contributed by atoms with Crippen LogP contribution in [0.1, 0.15) is 63.7 Å². The molecule has 0 aliphatic heterocycles. The molecular weight excluding hydrogens is 1120 g/mol. The highest BCUT2D eigenvalue weighted by atomic mass is 79.9. The van der Waals surface area contributed by atoms with Crippen LogP contribution in [0.15, 0.2) is 213 Å². The van der Waals surface area contributed by atoms with E-state index in [0.29, 0.717) is 11.1 Å². The van der Waals surface area contributed by atoms with Crippen molar-refractivity contribution in [2.45, 2.75) is 22.6 Å². The van der Waals surface area contributed by atoms with E-state index in [1.165, 1.54) is 36.4 Å². The van der Waals surface area contributed by atoms with E-state index in [-0.39, 0.29) is 33.8 Å². The van der Waals surface area contributed by atoms with Crippen LogP contribution in [-0.2, 0) is 12.8 Å². The van der Waals surface area contributed by atoms with Gasteiger partial charge in [-0.1, -0.05) is 90.8 Å². The van der Waals surface area contributed by atoms with Crippen molar-refractivity contribution in [2.75, 3.05) is 11.5 Å². The summed E-state index contributed by atoms with van der Waals surface area (Å²) in [6.07, 6.45) is 5.38. The third-order valence-electron chi connectivity index (χ3n) is 12.5. The first-order valence-corrected chi connectivity index (χ1v) is 27.5. The van der Waals surface area contributed by atoms with E-state index in [1.807, 2.05) is 109 Å². The lowest BCUT2D eigenvalue weighted by atomic mass is 9.84. The van der Waals surface area contributed by atoms with Gasteiger partial charge in [0.25, 0.3) is 0 Å². The summed E-state index contributed by atoms with van der Waals surface area (Å²) >= 11 is 10.4. The molecule has 372 valence electrons. The predicted octanol–water partition coefficient (Wildman–Crippen LogP) is 13.6. The lowest BCUT2D eigenvalue weighted by molar-refractivity contribution is 0.0724. The molecule has 0 radical (unpaired) electrons. The van der Waals surface area contributed by atoms with Gasteiger partial charge in [-0.2, -0.15) is 0 Å². The van der Waals surface area contributed by atoms with E-state index in [4.69, 9.17) is 9.47 Å². The topological polar surface area (TPSA) is 148 Å². The smallest absolute Gasteiger partial charge is 0.343 e. The summed E-state index contributed by atoms with van der Waals surface area (Å²) in [7, 11) is 0. The SMILES string of the molecule is O=C(Oc1ccc2c(c1)C(=O)c1ccc(OC(=O)c3ccc(CCSc4ccc(-n5cc(-c6ccc(Br)cc6)nn5)cc4)cc3)cc1C2=O)c1ccc(CCSc2ccc(-n3cc(-c4ccc(Br)cc4)nn3)cc2)cc1. The second kappa shape index (κ2) is 22.4. The molecule has 0 amide bonds. The molecule has 8 aromatic carbocycles. The molecule has 76 heavy (non-hydrogen) atoms. The number of aromatic nitrogens is 6. The van der Waals surface area contributed by atoms with Gasteiger partial charge >= 0.3 is 11.9 Å². The van der Waals surface area contributed by atoms with E-state index in [9.17, 15) is 19.2 Å². The first-order chi connectivity index (χ1) is 37.1. The number of thioether (sulfide) groups is 2. The molecule has 0 saturated carbocycles. The van der Waals surface area contributed by atoms with Crippen molar-refractivity contribution >= 4 is 78.9 Å². The lowest BCUT2D eigenvalue weighted by Gasteiger charge is -2.19. The highest BCUT2D eigenvalue weighted by Gasteiger charge is 2.31. The average molecular weight is 1160 g/mol. The standard InChI is InChI=1S/C60H40Br2N6O6S2/c61-43-13-9-39(10-14-43)55-35-67(65-63-55)45-17-23-49(24-18-45)75-31-29-37-1-5-41(6-2-37)59(71)73-47-21-27-51-53(33-47)57(69)52-28-22-48(34-54(52)58(51)70)74-60(72)42-7-3-38(4-8-42)30-32-76-50-25-19-46(20-26-50)68-36-56(64-66-68)40-11-15-44(62)16-12-40/h1-28,33-36H,29-32H2. The van der Waals surface area contributed by atoms with Crippen molar-refractivity contribution in [2.24, 2.45) is 0 Å². The van der Waals surface area contributed by atoms with Crippen LogP contribution < -0.4 is 9.47 Å². The van der Waals surface area contributed by atoms with Gasteiger partial charge in [0.15, 0.2) is 11.6 Å². The minimum Gasteiger partial charge on any atom is -0.423 e. The highest BCUT2D eigenvalue weighted by molar-refractivity contribution is 9.10. The van der Waals surface area contributed by atoms with Gasteiger partial charge in [0.1, 0.15) is 22.9 Å². The zero-order valence-corrected chi connectivity index (χ0v) is 44.8. The second-order valence-electron chi connectivity index (χ2n) is 17.5. The van der Waals surface area contributed by atoms with Crippen LogP contribution in [0.25, 0.3) is 33.9 Å². The van der Waals surface area contributed by atoms with Gasteiger partial charge in [-0.15, -0.1) is 33.7 Å². The summed E-state index contributed by atoms with van der Waals surface area (Å²) in [5, 5.41) is 17.2. The number of halogens is 2. The van der Waals surface area contributed by atoms with Crippen LogP contribution in [0.3, 0.4) is 0 Å². The molecule has 0 fully saturated rings. The van der Waals surface area contributed by atoms with Gasteiger partial charge in [-0.25, -0.2) is 19.0 Å². The molecule has 0 atom stereocenters. The summed E-state index contributed by atoms with van der Waals surface area (Å²) in [6, 6.07) is 55.4. The molecule has 0 saturated heterocycles. The van der Waals surface area contributed by atoms with Gasteiger partial charge in [0.05, 0.1) is 34.9 Å². The van der Waals surface area contributed by atoms with Crippen LogP contribution in [0, 0.1) is 0 Å². The first-order valence-electron chi connectivity index (χ1n) is 23.9. The van der Waals surface area contributed by atoms with Gasteiger partial charge in [-0.05, 0) is 157 Å². The maximum atomic E-state index is 13.7. The van der Waals surface area contributed by atoms with Crippen molar-refractivity contribution in [3.8, 4) is 45.4 Å². The molecule has 2 aromatic heterocycles. The zero-order valence-electron chi connectivity index (χ0n) is 40.0. The van der Waals surface area contributed by atoms with Crippen LogP contribution in [0.5, 0.6) is 11.5 Å². The zero-order chi connectivity index (χ0) is 52.1. The number of ketones is 2. The maximum Gasteiger partial charge on any atom is 0.343 e. The first kappa shape index (κ1) is 50.2. The Hall–Kier alpha value is -8.02. The number of benzene rings is 8. The molecule has 12 nitrogen and oxygen atoms in total. The fraction of sp³-hybridized carbons (Fsp3) is 0.0667. The Morgan fingerprint density at radius 1 is 0.447 bits per heavy atom. The average Bonchev–Trinajstić information content (AvgIpc) is 4.16. The summed E-state index contributed by atoms with van der Waals surface area (Å²) in [4.78, 5) is 56.2. The van der Waals surface area contributed by atoms with E-state index < -0.39 is 23.5 Å². The number of carbonyl (C=O) groups excluding carboxylic acids is 4. The van der Waals surface area contributed by atoms with Crippen molar-refractivity contribution < 1.29 is 28.7 Å². The van der Waals surface area contributed by atoms with E-state index in [1.54, 1.807) is 57.2 Å². The number of hydrogen-bond acceptors (Lipinski definition) is 12. The highest BCUT2D eigenvalue weighted by Crippen LogP contribution is 2.33. The largest absolute Gasteiger partial charge is 0.423 e. The van der Waals surface area contributed by atoms with Crippen molar-refractivity contribution in [1.29, 1.82) is 0 Å². The fourth-order valence-electron chi connectivity index (χ4n) is 8.43. The Morgan fingerprint density at radius 2 is 0.829 bits per heavy atom. The number of aryl methyl sites for hydroxylation is 2. The Morgan fingerprint density at radius 3 is 1.21 bits per heavy atom. The minimum absolute atomic E-state index is 0.116. The number of fused-ring (bicyclic) bond motifs is 2. The molecule has 0 N–H and O–H groups in total. The molecule has 1 aliphatic carbocycles. The molecular formula is C60H40Br2N6O6S2. The second-order valence-corrected chi connectivity index (χ2v) is 21.7. The third-order valence-corrected chi connectivity index (χ3v) is 15.6. The molecule has 0 unspecified atom stereocenters. The number of carbonyl (C=O) groups is 4. The third kappa shape index (κ3) is 11.5. The molecule has 11 rings (SSSR count). The minimum atomic E-state index is -0.595. The van der Waals surface area contributed by atoms with E-state index in [2.05, 4.69) is 76.7 Å². The summed E-state index contributed by atoms with van der Waals surface area (Å²) in [6.45, 7) is 0. The Bertz CT molecular complexity index is 3540. The van der Waals surface area contributed by atoms with Crippen LogP contribution in [0.2, 0.25) is 0 Å². The summed E-state index contributed by atoms with van der Waals surface area (Å²) < 4.78 is 16.9. The molecule has 0 bridgehead atoms.